The van der Waals surface area contributed by atoms with Crippen molar-refractivity contribution in [2.24, 2.45) is 5.41 Å². The molecule has 2 aliphatic heterocycles. The van der Waals surface area contributed by atoms with Gasteiger partial charge in [-0.05, 0) is 100 Å². The summed E-state index contributed by atoms with van der Waals surface area (Å²) in [5.41, 5.74) is -3.00. The van der Waals surface area contributed by atoms with Crippen LogP contribution in [0.2, 0.25) is 10.0 Å². The number of aliphatic hydroxyl groups is 2. The van der Waals surface area contributed by atoms with Gasteiger partial charge >= 0.3 is 5.97 Å². The molecule has 44 heavy (non-hydrogen) atoms. The Morgan fingerprint density at radius 3 is 2.32 bits per heavy atom. The van der Waals surface area contributed by atoms with Crippen LogP contribution in [0.1, 0.15) is 88.2 Å². The standard InChI is InChI=1S/C33H38Cl2FN3O5/c1-29(44)7-15-32(16-8-29)33(20-6-5-18(34)17-22(20)37-27(33)41)23(19-3-2-4-21(35)24(19)36)25(38-32)26(40)39-31-12-9-30(10-13-31,11-14-31)28(42)43/h2-6,17,23,25-26,38-40,44H,7-16H2,1H3,(H,37,41)(H,42,43)/t23-,25+,26?,29?,30?,31?,32?,33+/m0/s1. The maximum Gasteiger partial charge on any atom is 0.309 e. The van der Waals surface area contributed by atoms with E-state index in [1.54, 1.807) is 31.2 Å². The van der Waals surface area contributed by atoms with Crippen molar-refractivity contribution in [3.8, 4) is 0 Å². The van der Waals surface area contributed by atoms with E-state index in [4.69, 9.17) is 23.2 Å². The fourth-order valence-electron chi connectivity index (χ4n) is 9.50. The molecule has 236 valence electrons. The van der Waals surface area contributed by atoms with Crippen molar-refractivity contribution < 1.29 is 29.3 Å². The number of hydrogen-bond acceptors (Lipinski definition) is 6. The van der Waals surface area contributed by atoms with Crippen LogP contribution in [0.25, 0.3) is 0 Å². The van der Waals surface area contributed by atoms with Crippen LogP contribution in [0.3, 0.4) is 0 Å². The number of carbonyl (C=O) groups excluding carboxylic acids is 1. The minimum Gasteiger partial charge on any atom is -0.481 e. The molecule has 6 N–H and O–H groups in total. The largest absolute Gasteiger partial charge is 0.481 e. The minimum atomic E-state index is -1.36. The molecule has 4 aliphatic carbocycles. The summed E-state index contributed by atoms with van der Waals surface area (Å²) in [6.45, 7) is 1.79. The third kappa shape index (κ3) is 4.23. The summed E-state index contributed by atoms with van der Waals surface area (Å²) < 4.78 is 16.2. The van der Waals surface area contributed by atoms with Crippen LogP contribution in [0.15, 0.2) is 36.4 Å². The van der Waals surface area contributed by atoms with Crippen molar-refractivity contribution in [2.75, 3.05) is 5.32 Å². The van der Waals surface area contributed by atoms with E-state index >= 15 is 4.39 Å². The van der Waals surface area contributed by atoms with Crippen LogP contribution < -0.4 is 16.0 Å². The second-order valence-electron chi connectivity index (χ2n) is 14.3. The molecule has 2 aromatic carbocycles. The van der Waals surface area contributed by atoms with E-state index in [-0.39, 0.29) is 16.5 Å². The number of rotatable bonds is 5. The van der Waals surface area contributed by atoms with Crippen LogP contribution in [0.4, 0.5) is 10.1 Å². The molecule has 2 aromatic rings. The van der Waals surface area contributed by atoms with Gasteiger partial charge in [-0.3, -0.25) is 14.9 Å². The highest BCUT2D eigenvalue weighted by Gasteiger charge is 2.73. The molecule has 2 spiro atoms. The van der Waals surface area contributed by atoms with Gasteiger partial charge in [-0.15, -0.1) is 0 Å². The Morgan fingerprint density at radius 1 is 1.02 bits per heavy atom. The average Bonchev–Trinajstić information content (AvgIpc) is 3.45. The van der Waals surface area contributed by atoms with Crippen molar-refractivity contribution in [1.29, 1.82) is 0 Å². The summed E-state index contributed by atoms with van der Waals surface area (Å²) in [4.78, 5) is 26.6. The lowest BCUT2D eigenvalue weighted by molar-refractivity contribution is -0.157. The predicted molar refractivity (Wildman–Crippen MR) is 164 cm³/mol. The van der Waals surface area contributed by atoms with E-state index in [9.17, 15) is 24.9 Å². The lowest BCUT2D eigenvalue weighted by Gasteiger charge is -2.53. The number of hydrogen-bond donors (Lipinski definition) is 6. The number of aliphatic carboxylic acids is 1. The number of halogens is 3. The van der Waals surface area contributed by atoms with E-state index in [0.717, 1.165) is 0 Å². The van der Waals surface area contributed by atoms with Crippen LogP contribution in [0, 0.1) is 11.2 Å². The first kappa shape index (κ1) is 30.4. The van der Waals surface area contributed by atoms with E-state index in [1.165, 1.54) is 6.07 Å². The monoisotopic (exact) mass is 645 g/mol. The van der Waals surface area contributed by atoms with Gasteiger partial charge in [0.15, 0.2) is 0 Å². The highest BCUT2D eigenvalue weighted by molar-refractivity contribution is 6.31. The zero-order valence-corrected chi connectivity index (χ0v) is 26.1. The molecule has 5 fully saturated rings. The quantitative estimate of drug-likeness (QED) is 0.246. The number of carboxylic acids is 1. The SMILES string of the molecule is CC1(O)CCC2(CC1)N[C@@H](C(O)NC13CCC(C(=O)O)(CC1)CC3)[C@H](c1cccc(Cl)c1F)[C@]21C(=O)Nc2cc(Cl)ccc21. The summed E-state index contributed by atoms with van der Waals surface area (Å²) in [5, 5.41) is 43.7. The van der Waals surface area contributed by atoms with Crippen LogP contribution in [-0.4, -0.2) is 56.1 Å². The highest BCUT2D eigenvalue weighted by Crippen LogP contribution is 2.64. The Bertz CT molecular complexity index is 1520. The second-order valence-corrected chi connectivity index (χ2v) is 15.1. The van der Waals surface area contributed by atoms with Gasteiger partial charge in [-0.2, -0.15) is 0 Å². The van der Waals surface area contributed by atoms with E-state index in [1.807, 2.05) is 6.07 Å². The molecule has 2 bridgehead atoms. The summed E-state index contributed by atoms with van der Waals surface area (Å²) in [6.07, 6.45) is 3.76. The zero-order valence-electron chi connectivity index (χ0n) is 24.6. The maximum atomic E-state index is 16.2. The molecule has 0 radical (unpaired) electrons. The molecular formula is C33H38Cl2FN3O5. The molecule has 1 saturated heterocycles. The first-order valence-electron chi connectivity index (χ1n) is 15.5. The Hall–Kier alpha value is -2.27. The molecule has 8 rings (SSSR count). The molecule has 4 atom stereocenters. The van der Waals surface area contributed by atoms with Gasteiger partial charge in [0.1, 0.15) is 17.5 Å². The Kier molecular flexibility index (Phi) is 6.98. The lowest BCUT2D eigenvalue weighted by atomic mass is 9.54. The summed E-state index contributed by atoms with van der Waals surface area (Å²) in [7, 11) is 0. The van der Waals surface area contributed by atoms with E-state index in [0.29, 0.717) is 80.5 Å². The number of aliphatic hydroxyl groups excluding tert-OH is 1. The van der Waals surface area contributed by atoms with Crippen molar-refractivity contribution in [2.45, 2.75) is 111 Å². The Balaban J connectivity index is 1.37. The van der Waals surface area contributed by atoms with Gasteiger partial charge in [0.2, 0.25) is 5.91 Å². The minimum absolute atomic E-state index is 0.0794. The average molecular weight is 647 g/mol. The maximum absolute atomic E-state index is 16.2. The number of carbonyl (C=O) groups is 2. The van der Waals surface area contributed by atoms with Crippen molar-refractivity contribution in [3.05, 3.63) is 63.4 Å². The van der Waals surface area contributed by atoms with Crippen LogP contribution in [-0.2, 0) is 15.0 Å². The normalized spacial score (nSPS) is 39.9. The number of fused-ring (bicyclic) bond motifs is 6. The zero-order chi connectivity index (χ0) is 31.3. The van der Waals surface area contributed by atoms with Crippen LogP contribution in [0.5, 0.6) is 0 Å². The summed E-state index contributed by atoms with van der Waals surface area (Å²) in [5.74, 6) is -2.62. The molecule has 0 aromatic heterocycles. The summed E-state index contributed by atoms with van der Waals surface area (Å²) >= 11 is 12.7. The topological polar surface area (TPSA) is 131 Å². The first-order valence-corrected chi connectivity index (χ1v) is 16.3. The Labute approximate surface area is 265 Å². The lowest BCUT2D eigenvalue weighted by Crippen LogP contribution is -2.64. The number of anilines is 1. The number of benzene rings is 2. The van der Waals surface area contributed by atoms with Gasteiger partial charge in [0.05, 0.1) is 22.1 Å². The van der Waals surface area contributed by atoms with Crippen molar-refractivity contribution >= 4 is 40.8 Å². The van der Waals surface area contributed by atoms with Gasteiger partial charge in [0, 0.05) is 27.7 Å². The highest BCUT2D eigenvalue weighted by atomic mass is 35.5. The summed E-state index contributed by atoms with van der Waals surface area (Å²) in [6, 6.07) is 9.16. The molecule has 8 nitrogen and oxygen atoms in total. The molecule has 1 unspecified atom stereocenters. The van der Waals surface area contributed by atoms with Crippen molar-refractivity contribution in [1.82, 2.24) is 10.6 Å². The van der Waals surface area contributed by atoms with E-state index in [2.05, 4.69) is 16.0 Å². The van der Waals surface area contributed by atoms with Gasteiger partial charge in [-0.1, -0.05) is 41.4 Å². The van der Waals surface area contributed by atoms with Gasteiger partial charge in [-0.25, -0.2) is 4.39 Å². The van der Waals surface area contributed by atoms with Crippen molar-refractivity contribution in [3.63, 3.8) is 0 Å². The smallest absolute Gasteiger partial charge is 0.309 e. The first-order chi connectivity index (χ1) is 20.8. The third-order valence-electron chi connectivity index (χ3n) is 12.0. The third-order valence-corrected chi connectivity index (χ3v) is 12.6. The number of amides is 1. The number of carboxylic acid groups (broad SMARTS) is 1. The van der Waals surface area contributed by atoms with E-state index < -0.39 is 57.5 Å². The second kappa shape index (κ2) is 10.1. The Morgan fingerprint density at radius 2 is 1.68 bits per heavy atom. The van der Waals surface area contributed by atoms with Gasteiger partial charge in [0.25, 0.3) is 0 Å². The molecule has 4 saturated carbocycles. The fraction of sp³-hybridized carbons (Fsp3) is 0.576. The molecule has 1 amide bonds. The van der Waals surface area contributed by atoms with Gasteiger partial charge < -0.3 is 26.0 Å². The number of nitrogens with one attached hydrogen (secondary N) is 3. The molecule has 6 aliphatic rings. The molecule has 11 heteroatoms. The molecule has 2 heterocycles. The molecular weight excluding hydrogens is 608 g/mol. The predicted octanol–water partition coefficient (Wildman–Crippen LogP) is 5.23. The van der Waals surface area contributed by atoms with Crippen LogP contribution >= 0.6 is 23.2 Å². The fourth-order valence-corrected chi connectivity index (χ4v) is 9.86.